The number of benzene rings is 7. The number of hydrogen-bond donors (Lipinski definition) is 0. The number of rotatable bonds is 3. The number of nitrogens with zero attached hydrogens (tertiary/aromatic N) is 1. The van der Waals surface area contributed by atoms with Crippen LogP contribution in [0.1, 0.15) is 34.2 Å². The van der Waals surface area contributed by atoms with Crippen LogP contribution < -0.4 is 0 Å². The standard InChI is InChI=1S/C49H33N/c1-2-13-32(14-3-1)33-15-12-16-36(29-33)50-47-24-11-7-20-41(47)42-30-34(26-28-48(42)50)35-25-27-40-39-19-6-10-23-45(39)49(46(40)31-35)43-21-8-4-17-37(43)38-18-5-9-22-44(38)49/h1-30,46H,31H2. The van der Waals surface area contributed by atoms with Gasteiger partial charge in [0.15, 0.2) is 0 Å². The Kier molecular flexibility index (Phi) is 5.77. The van der Waals surface area contributed by atoms with Crippen LogP contribution in [0, 0.1) is 5.92 Å². The summed E-state index contributed by atoms with van der Waals surface area (Å²) in [6, 6.07) is 63.1. The predicted molar refractivity (Wildman–Crippen MR) is 208 cm³/mol. The average Bonchev–Trinajstić information content (AvgIpc) is 3.80. The van der Waals surface area contributed by atoms with Gasteiger partial charge in [-0.3, -0.25) is 0 Å². The molecule has 8 aromatic rings. The van der Waals surface area contributed by atoms with Crippen LogP contribution in [0.2, 0.25) is 0 Å². The van der Waals surface area contributed by atoms with Crippen molar-refractivity contribution in [2.45, 2.75) is 11.8 Å². The van der Waals surface area contributed by atoms with E-state index in [2.05, 4.69) is 187 Å². The first-order valence-corrected chi connectivity index (χ1v) is 17.7. The van der Waals surface area contributed by atoms with E-state index in [0.717, 1.165) is 6.42 Å². The fourth-order valence-corrected chi connectivity index (χ4v) is 9.69. The number of allylic oxidation sites excluding steroid dienone is 4. The molecule has 1 nitrogen and oxygen atoms in total. The van der Waals surface area contributed by atoms with Gasteiger partial charge in [-0.1, -0.05) is 152 Å². The lowest BCUT2D eigenvalue weighted by molar-refractivity contribution is 0.500. The molecule has 0 bridgehead atoms. The third kappa shape index (κ3) is 3.67. The zero-order chi connectivity index (χ0) is 32.8. The molecule has 50 heavy (non-hydrogen) atoms. The van der Waals surface area contributed by atoms with Crippen molar-refractivity contribution < 1.29 is 0 Å². The number of aromatic nitrogens is 1. The molecular weight excluding hydrogens is 603 g/mol. The molecular formula is C49H33N. The van der Waals surface area contributed by atoms with Crippen LogP contribution in [0.5, 0.6) is 0 Å². The van der Waals surface area contributed by atoms with E-state index in [-0.39, 0.29) is 5.41 Å². The van der Waals surface area contributed by atoms with Crippen LogP contribution in [-0.2, 0) is 5.41 Å². The van der Waals surface area contributed by atoms with Gasteiger partial charge >= 0.3 is 0 Å². The third-order valence-corrected chi connectivity index (χ3v) is 11.7. The molecule has 0 saturated heterocycles. The molecule has 0 N–H and O–H groups in total. The fraction of sp³-hybridized carbons (Fsp3) is 0.0612. The second-order valence-corrected chi connectivity index (χ2v) is 14.0. The minimum absolute atomic E-state index is 0.209. The van der Waals surface area contributed by atoms with E-state index in [1.165, 1.54) is 88.7 Å². The van der Waals surface area contributed by atoms with Gasteiger partial charge in [-0.2, -0.15) is 0 Å². The fourth-order valence-electron chi connectivity index (χ4n) is 9.69. The van der Waals surface area contributed by atoms with E-state index < -0.39 is 0 Å². The van der Waals surface area contributed by atoms with Crippen LogP contribution in [0.4, 0.5) is 0 Å². The van der Waals surface area contributed by atoms with Crippen molar-refractivity contribution in [1.29, 1.82) is 0 Å². The van der Waals surface area contributed by atoms with Crippen LogP contribution in [-0.4, -0.2) is 4.57 Å². The highest BCUT2D eigenvalue weighted by Crippen LogP contribution is 2.66. The Morgan fingerprint density at radius 1 is 0.440 bits per heavy atom. The zero-order valence-corrected chi connectivity index (χ0v) is 27.6. The molecule has 0 fully saturated rings. The van der Waals surface area contributed by atoms with Crippen molar-refractivity contribution in [2.24, 2.45) is 5.92 Å². The highest BCUT2D eigenvalue weighted by Gasteiger charge is 2.56. The largest absolute Gasteiger partial charge is 0.309 e. The van der Waals surface area contributed by atoms with Gasteiger partial charge in [0.1, 0.15) is 0 Å². The van der Waals surface area contributed by atoms with Crippen molar-refractivity contribution in [2.75, 3.05) is 0 Å². The minimum Gasteiger partial charge on any atom is -0.309 e. The molecule has 0 saturated carbocycles. The van der Waals surface area contributed by atoms with Crippen LogP contribution in [0.3, 0.4) is 0 Å². The highest BCUT2D eigenvalue weighted by molar-refractivity contribution is 6.10. The highest BCUT2D eigenvalue weighted by atomic mass is 15.0. The van der Waals surface area contributed by atoms with Crippen LogP contribution in [0.25, 0.3) is 60.9 Å². The van der Waals surface area contributed by atoms with Crippen LogP contribution >= 0.6 is 0 Å². The summed E-state index contributed by atoms with van der Waals surface area (Å²) in [5.74, 6) is 0.308. The number of para-hydroxylation sites is 1. The molecule has 1 unspecified atom stereocenters. The minimum atomic E-state index is -0.209. The Balaban J connectivity index is 1.07. The summed E-state index contributed by atoms with van der Waals surface area (Å²) < 4.78 is 2.43. The third-order valence-electron chi connectivity index (χ3n) is 11.7. The maximum Gasteiger partial charge on any atom is 0.0541 e. The summed E-state index contributed by atoms with van der Waals surface area (Å²) in [5.41, 5.74) is 18.5. The summed E-state index contributed by atoms with van der Waals surface area (Å²) in [4.78, 5) is 0. The molecule has 0 radical (unpaired) electrons. The van der Waals surface area contributed by atoms with Gasteiger partial charge in [-0.25, -0.2) is 0 Å². The first-order valence-electron chi connectivity index (χ1n) is 17.7. The van der Waals surface area contributed by atoms with E-state index in [1.54, 1.807) is 0 Å². The maximum atomic E-state index is 2.45. The van der Waals surface area contributed by atoms with E-state index in [0.29, 0.717) is 5.92 Å². The van der Waals surface area contributed by atoms with Gasteiger partial charge in [0.2, 0.25) is 0 Å². The van der Waals surface area contributed by atoms with E-state index >= 15 is 0 Å². The van der Waals surface area contributed by atoms with Gasteiger partial charge in [0, 0.05) is 22.4 Å². The lowest BCUT2D eigenvalue weighted by atomic mass is 9.64. The van der Waals surface area contributed by atoms with Crippen molar-refractivity contribution >= 4 is 33.0 Å². The van der Waals surface area contributed by atoms with Crippen molar-refractivity contribution in [3.8, 4) is 27.9 Å². The Hall–Kier alpha value is -6.18. The first kappa shape index (κ1) is 27.7. The number of hydrogen-bond acceptors (Lipinski definition) is 0. The van der Waals surface area contributed by atoms with E-state index in [4.69, 9.17) is 0 Å². The van der Waals surface area contributed by atoms with Gasteiger partial charge in [0.05, 0.1) is 16.4 Å². The lowest BCUT2D eigenvalue weighted by Gasteiger charge is -2.37. The predicted octanol–water partition coefficient (Wildman–Crippen LogP) is 12.3. The molecule has 0 amide bonds. The lowest BCUT2D eigenvalue weighted by Crippen LogP contribution is -2.33. The van der Waals surface area contributed by atoms with Crippen molar-refractivity contribution in [1.82, 2.24) is 4.57 Å². The molecule has 1 spiro atoms. The Morgan fingerprint density at radius 2 is 1.06 bits per heavy atom. The Labute approximate surface area is 292 Å². The second kappa shape index (κ2) is 10.4. The SMILES string of the molecule is C1=C(c2ccc3c(c2)c2ccccc2n3-c2cccc(-c3ccccc3)c2)CC2C(=C1)c1ccccc1C21c2ccccc2-c2ccccc21. The summed E-state index contributed by atoms with van der Waals surface area (Å²) in [7, 11) is 0. The normalized spacial score (nSPS) is 16.5. The molecule has 7 aromatic carbocycles. The topological polar surface area (TPSA) is 4.93 Å². The first-order chi connectivity index (χ1) is 24.8. The summed E-state index contributed by atoms with van der Waals surface area (Å²) >= 11 is 0. The van der Waals surface area contributed by atoms with Gasteiger partial charge in [-0.05, 0) is 98.0 Å². The van der Waals surface area contributed by atoms with Crippen molar-refractivity contribution in [3.05, 3.63) is 210 Å². The van der Waals surface area contributed by atoms with Gasteiger partial charge in [0.25, 0.3) is 0 Å². The Morgan fingerprint density at radius 3 is 1.84 bits per heavy atom. The summed E-state index contributed by atoms with van der Waals surface area (Å²) in [6.45, 7) is 0. The smallest absolute Gasteiger partial charge is 0.0541 e. The zero-order valence-electron chi connectivity index (χ0n) is 27.6. The Bertz CT molecular complexity index is 2690. The molecule has 1 atom stereocenters. The monoisotopic (exact) mass is 635 g/mol. The average molecular weight is 636 g/mol. The quantitative estimate of drug-likeness (QED) is 0.182. The summed E-state index contributed by atoms with van der Waals surface area (Å²) in [5, 5.41) is 2.57. The summed E-state index contributed by atoms with van der Waals surface area (Å²) in [6.07, 6.45) is 5.81. The molecule has 0 aliphatic heterocycles. The molecule has 3 aliphatic rings. The van der Waals surface area contributed by atoms with Gasteiger partial charge in [-0.15, -0.1) is 0 Å². The molecule has 1 heteroatoms. The molecule has 1 heterocycles. The van der Waals surface area contributed by atoms with E-state index in [1.807, 2.05) is 0 Å². The maximum absolute atomic E-state index is 2.45. The number of fused-ring (bicyclic) bond motifs is 13. The molecule has 3 aliphatic carbocycles. The molecule has 11 rings (SSSR count). The molecule has 234 valence electrons. The van der Waals surface area contributed by atoms with Gasteiger partial charge < -0.3 is 4.57 Å². The second-order valence-electron chi connectivity index (χ2n) is 14.0. The van der Waals surface area contributed by atoms with E-state index in [9.17, 15) is 0 Å². The van der Waals surface area contributed by atoms with Crippen LogP contribution in [0.15, 0.2) is 182 Å². The molecule has 1 aromatic heterocycles. The van der Waals surface area contributed by atoms with Crippen molar-refractivity contribution in [3.63, 3.8) is 0 Å².